The van der Waals surface area contributed by atoms with Gasteiger partial charge in [-0.15, -0.1) is 0 Å². The van der Waals surface area contributed by atoms with Gasteiger partial charge < -0.3 is 24.4 Å². The van der Waals surface area contributed by atoms with E-state index in [0.717, 1.165) is 16.7 Å². The number of nitrogens with zero attached hydrogens (tertiary/aromatic N) is 3. The summed E-state index contributed by atoms with van der Waals surface area (Å²) in [6.45, 7) is 7.15. The number of halogens is 1. The van der Waals surface area contributed by atoms with Crippen molar-refractivity contribution in [2.24, 2.45) is 0 Å². The van der Waals surface area contributed by atoms with Crippen LogP contribution >= 0.6 is 11.6 Å². The summed E-state index contributed by atoms with van der Waals surface area (Å²) in [6, 6.07) is 15.0. The first kappa shape index (κ1) is 27.0. The minimum absolute atomic E-state index is 0.176. The molecule has 198 valence electrons. The molecule has 38 heavy (non-hydrogen) atoms. The van der Waals surface area contributed by atoms with Gasteiger partial charge in [0.05, 0.1) is 11.2 Å². The standard InChI is InChI=1S/C29H30ClN3O5/c1-19-4-6-22(7-5-19)18-37-24-9-10-26(31-16-24)38-28-20(2)14-23(15-25(28)30)8-11-27(34)32-12-13-33(29(35)36)21(3)17-32/h4-11,14-16,21H,12-13,17-18H2,1-3H3,(H,35,36)/b11-8+/t21-/m0/s1. The van der Waals surface area contributed by atoms with Crippen LogP contribution in [0.15, 0.2) is 60.8 Å². The number of hydrogen-bond acceptors (Lipinski definition) is 5. The molecule has 1 atom stereocenters. The van der Waals surface area contributed by atoms with Gasteiger partial charge in [0.1, 0.15) is 12.4 Å². The molecular formula is C29H30ClN3O5. The molecule has 1 saturated heterocycles. The molecule has 2 aromatic carbocycles. The number of piperazine rings is 1. The van der Waals surface area contributed by atoms with E-state index in [1.807, 2.05) is 44.2 Å². The van der Waals surface area contributed by atoms with Gasteiger partial charge >= 0.3 is 6.09 Å². The molecule has 4 rings (SSSR count). The van der Waals surface area contributed by atoms with E-state index in [9.17, 15) is 14.7 Å². The number of carbonyl (C=O) groups excluding carboxylic acids is 1. The van der Waals surface area contributed by atoms with Crippen molar-refractivity contribution in [3.63, 3.8) is 0 Å². The zero-order valence-electron chi connectivity index (χ0n) is 21.6. The predicted octanol–water partition coefficient (Wildman–Crippen LogP) is 5.95. The van der Waals surface area contributed by atoms with E-state index in [1.54, 1.807) is 42.3 Å². The molecule has 1 aromatic heterocycles. The molecule has 0 aliphatic carbocycles. The molecule has 0 bridgehead atoms. The number of hydrogen-bond donors (Lipinski definition) is 1. The van der Waals surface area contributed by atoms with E-state index in [4.69, 9.17) is 21.1 Å². The Hall–Kier alpha value is -4.04. The third-order valence-corrected chi connectivity index (χ3v) is 6.58. The first-order valence-electron chi connectivity index (χ1n) is 12.3. The Morgan fingerprint density at radius 2 is 1.89 bits per heavy atom. The summed E-state index contributed by atoms with van der Waals surface area (Å²) in [6.07, 6.45) is 3.81. The monoisotopic (exact) mass is 535 g/mol. The number of benzene rings is 2. The molecule has 1 aliphatic heterocycles. The van der Waals surface area contributed by atoms with Crippen molar-refractivity contribution in [2.45, 2.75) is 33.4 Å². The average Bonchev–Trinajstić information content (AvgIpc) is 2.89. The number of ether oxygens (including phenoxy) is 2. The van der Waals surface area contributed by atoms with Crippen LogP contribution in [0.25, 0.3) is 6.08 Å². The van der Waals surface area contributed by atoms with Crippen molar-refractivity contribution in [1.82, 2.24) is 14.8 Å². The highest BCUT2D eigenvalue weighted by Crippen LogP contribution is 2.34. The maximum absolute atomic E-state index is 12.6. The summed E-state index contributed by atoms with van der Waals surface area (Å²) in [4.78, 5) is 31.2. The zero-order chi connectivity index (χ0) is 27.2. The van der Waals surface area contributed by atoms with Gasteiger partial charge in [-0.2, -0.15) is 0 Å². The molecule has 2 heterocycles. The molecule has 1 N–H and O–H groups in total. The normalized spacial score (nSPS) is 15.5. The van der Waals surface area contributed by atoms with Crippen molar-refractivity contribution in [3.05, 3.63) is 88.1 Å². The smallest absolute Gasteiger partial charge is 0.407 e. The summed E-state index contributed by atoms with van der Waals surface area (Å²) in [5.41, 5.74) is 3.81. The fourth-order valence-corrected chi connectivity index (χ4v) is 4.48. The summed E-state index contributed by atoms with van der Waals surface area (Å²) in [5, 5.41) is 9.60. The minimum Gasteiger partial charge on any atom is -0.487 e. The first-order valence-corrected chi connectivity index (χ1v) is 12.7. The Kier molecular flexibility index (Phi) is 8.53. The Morgan fingerprint density at radius 3 is 2.53 bits per heavy atom. The molecular weight excluding hydrogens is 506 g/mol. The molecule has 0 spiro atoms. The highest BCUT2D eigenvalue weighted by Gasteiger charge is 2.28. The van der Waals surface area contributed by atoms with Gasteiger partial charge in [0, 0.05) is 37.8 Å². The maximum atomic E-state index is 12.6. The third-order valence-electron chi connectivity index (χ3n) is 6.30. The molecule has 9 heteroatoms. The van der Waals surface area contributed by atoms with Crippen molar-refractivity contribution in [1.29, 1.82) is 0 Å². The second-order valence-corrected chi connectivity index (χ2v) is 9.71. The molecule has 3 aromatic rings. The van der Waals surface area contributed by atoms with Crippen LogP contribution in [-0.4, -0.2) is 57.6 Å². The number of carbonyl (C=O) groups is 2. The number of aromatic nitrogens is 1. The van der Waals surface area contributed by atoms with E-state index in [-0.39, 0.29) is 11.9 Å². The number of amides is 2. The van der Waals surface area contributed by atoms with Gasteiger partial charge in [-0.05, 0) is 61.7 Å². The fourth-order valence-electron chi connectivity index (χ4n) is 4.17. The number of aryl methyl sites for hydroxylation is 2. The van der Waals surface area contributed by atoms with Crippen LogP contribution < -0.4 is 9.47 Å². The zero-order valence-corrected chi connectivity index (χ0v) is 22.3. The Balaban J connectivity index is 1.35. The lowest BCUT2D eigenvalue weighted by atomic mass is 10.1. The first-order chi connectivity index (χ1) is 18.2. The number of pyridine rings is 1. The topological polar surface area (TPSA) is 92.2 Å². The Labute approximate surface area is 227 Å². The number of rotatable bonds is 7. The second kappa shape index (κ2) is 12.0. The van der Waals surface area contributed by atoms with E-state index >= 15 is 0 Å². The van der Waals surface area contributed by atoms with Crippen molar-refractivity contribution in [2.75, 3.05) is 19.6 Å². The Bertz CT molecular complexity index is 1300. The highest BCUT2D eigenvalue weighted by molar-refractivity contribution is 6.32. The fraction of sp³-hybridized carbons (Fsp3) is 0.276. The summed E-state index contributed by atoms with van der Waals surface area (Å²) in [7, 11) is 0. The third kappa shape index (κ3) is 6.83. The van der Waals surface area contributed by atoms with E-state index in [2.05, 4.69) is 4.98 Å². The van der Waals surface area contributed by atoms with Gasteiger partial charge in [-0.25, -0.2) is 9.78 Å². The lowest BCUT2D eigenvalue weighted by Crippen LogP contribution is -2.54. The van der Waals surface area contributed by atoms with E-state index in [1.165, 1.54) is 16.5 Å². The second-order valence-electron chi connectivity index (χ2n) is 9.30. The van der Waals surface area contributed by atoms with Gasteiger partial charge in [0.25, 0.3) is 0 Å². The molecule has 0 radical (unpaired) electrons. The van der Waals surface area contributed by atoms with Gasteiger partial charge in [-0.1, -0.05) is 41.4 Å². The van der Waals surface area contributed by atoms with Crippen LogP contribution in [0.4, 0.5) is 4.79 Å². The van der Waals surface area contributed by atoms with Crippen LogP contribution in [-0.2, 0) is 11.4 Å². The lowest BCUT2D eigenvalue weighted by molar-refractivity contribution is -0.128. The summed E-state index contributed by atoms with van der Waals surface area (Å²) < 4.78 is 11.7. The van der Waals surface area contributed by atoms with Crippen molar-refractivity contribution < 1.29 is 24.2 Å². The maximum Gasteiger partial charge on any atom is 0.407 e. The summed E-state index contributed by atoms with van der Waals surface area (Å²) >= 11 is 6.51. The van der Waals surface area contributed by atoms with Crippen LogP contribution in [0.1, 0.15) is 29.2 Å². The molecule has 0 unspecified atom stereocenters. The quantitative estimate of drug-likeness (QED) is 0.376. The molecule has 1 fully saturated rings. The molecule has 1 aliphatic rings. The number of carboxylic acid groups (broad SMARTS) is 1. The molecule has 2 amide bonds. The van der Waals surface area contributed by atoms with Crippen LogP contribution in [0.2, 0.25) is 5.02 Å². The van der Waals surface area contributed by atoms with Gasteiger partial charge in [0.15, 0.2) is 5.75 Å². The molecule has 8 nitrogen and oxygen atoms in total. The SMILES string of the molecule is Cc1ccc(COc2ccc(Oc3c(C)cc(/C=C/C(=O)N4CCN(C(=O)O)[C@@H](C)C4)cc3Cl)nc2)cc1. The van der Waals surface area contributed by atoms with Crippen LogP contribution in [0, 0.1) is 13.8 Å². The summed E-state index contributed by atoms with van der Waals surface area (Å²) in [5.74, 6) is 1.31. The van der Waals surface area contributed by atoms with Gasteiger partial charge in [-0.3, -0.25) is 4.79 Å². The molecule has 0 saturated carbocycles. The van der Waals surface area contributed by atoms with Crippen LogP contribution in [0.3, 0.4) is 0 Å². The van der Waals surface area contributed by atoms with E-state index in [0.29, 0.717) is 48.6 Å². The largest absolute Gasteiger partial charge is 0.487 e. The lowest BCUT2D eigenvalue weighted by Gasteiger charge is -2.37. The van der Waals surface area contributed by atoms with Crippen molar-refractivity contribution >= 4 is 29.7 Å². The highest BCUT2D eigenvalue weighted by atomic mass is 35.5. The average molecular weight is 536 g/mol. The van der Waals surface area contributed by atoms with Crippen LogP contribution in [0.5, 0.6) is 17.4 Å². The Morgan fingerprint density at radius 1 is 1.13 bits per heavy atom. The predicted molar refractivity (Wildman–Crippen MR) is 146 cm³/mol. The minimum atomic E-state index is -0.967. The van der Waals surface area contributed by atoms with Gasteiger partial charge in [0.2, 0.25) is 11.8 Å². The van der Waals surface area contributed by atoms with Crippen molar-refractivity contribution in [3.8, 4) is 17.4 Å². The van der Waals surface area contributed by atoms with E-state index < -0.39 is 6.09 Å².